The first-order valence-corrected chi connectivity index (χ1v) is 5.55. The predicted molar refractivity (Wildman–Crippen MR) is 58.9 cm³/mol. The molecule has 1 heterocycles. The van der Waals surface area contributed by atoms with E-state index < -0.39 is 29.2 Å². The number of aliphatic hydroxyl groups excluding tert-OH is 1. The maximum absolute atomic E-state index is 13.8. The van der Waals surface area contributed by atoms with E-state index in [0.717, 1.165) is 16.9 Å². The molecule has 108 valence electrons. The monoisotopic (exact) mass is 290 g/mol. The van der Waals surface area contributed by atoms with Crippen LogP contribution in [0.1, 0.15) is 23.1 Å². The summed E-state index contributed by atoms with van der Waals surface area (Å²) >= 11 is 0. The fourth-order valence-corrected chi connectivity index (χ4v) is 1.71. The highest BCUT2D eigenvalue weighted by molar-refractivity contribution is 5.30. The van der Waals surface area contributed by atoms with Crippen molar-refractivity contribution in [1.29, 1.82) is 0 Å². The summed E-state index contributed by atoms with van der Waals surface area (Å²) in [6.07, 6.45) is -6.53. The van der Waals surface area contributed by atoms with Gasteiger partial charge in [-0.3, -0.25) is 0 Å². The summed E-state index contributed by atoms with van der Waals surface area (Å²) in [4.78, 5) is 1.13. The summed E-state index contributed by atoms with van der Waals surface area (Å²) in [5.74, 6) is -1.38. The molecule has 0 bridgehead atoms. The van der Waals surface area contributed by atoms with Crippen molar-refractivity contribution in [3.05, 3.63) is 41.0 Å². The van der Waals surface area contributed by atoms with Crippen LogP contribution in [0.4, 0.5) is 17.6 Å². The number of alkyl halides is 3. The zero-order valence-electron chi connectivity index (χ0n) is 10.3. The summed E-state index contributed by atoms with van der Waals surface area (Å²) in [5, 5.41) is 20.7. The maximum Gasteiger partial charge on any atom is 0.419 e. The molecule has 1 N–H and O–H groups in total. The number of halogens is 4. The Morgan fingerprint density at radius 3 is 2.60 bits per heavy atom. The number of nitrogens with zero attached hydrogens (tertiary/aromatic N) is 4. The van der Waals surface area contributed by atoms with Crippen LogP contribution in [0.5, 0.6) is 0 Å². The van der Waals surface area contributed by atoms with E-state index in [9.17, 15) is 22.7 Å². The lowest BCUT2D eigenvalue weighted by Crippen LogP contribution is -2.13. The molecule has 0 spiro atoms. The fourth-order valence-electron chi connectivity index (χ4n) is 1.71. The number of aryl methyl sites for hydroxylation is 1. The Hall–Kier alpha value is -2.03. The molecule has 0 fully saturated rings. The number of benzene rings is 1. The minimum absolute atomic E-state index is 0.108. The van der Waals surface area contributed by atoms with Crippen LogP contribution >= 0.6 is 0 Å². The van der Waals surface area contributed by atoms with Gasteiger partial charge in [0.15, 0.2) is 5.82 Å². The molecular formula is C11H10F4N4O. The quantitative estimate of drug-likeness (QED) is 0.873. The largest absolute Gasteiger partial charge is 0.419 e. The van der Waals surface area contributed by atoms with Crippen molar-refractivity contribution in [3.8, 4) is 0 Å². The Morgan fingerprint density at radius 2 is 2.05 bits per heavy atom. The predicted octanol–water partition coefficient (Wildman–Crippen LogP) is 1.64. The first kappa shape index (κ1) is 14.4. The standard InChI is InChI=1S/C11H10F4N4O/c1-19-17-9(16-18-19)5-8(20)6-3-2-4-7(10(6)12)11(13,14)15/h2-4,8,20H,5H2,1H3. The van der Waals surface area contributed by atoms with Crippen molar-refractivity contribution >= 4 is 0 Å². The highest BCUT2D eigenvalue weighted by atomic mass is 19.4. The molecule has 1 aromatic carbocycles. The molecule has 0 aliphatic rings. The lowest BCUT2D eigenvalue weighted by atomic mass is 10.0. The zero-order chi connectivity index (χ0) is 14.9. The molecule has 5 nitrogen and oxygen atoms in total. The molecule has 0 radical (unpaired) electrons. The third kappa shape index (κ3) is 2.93. The Morgan fingerprint density at radius 1 is 1.35 bits per heavy atom. The minimum Gasteiger partial charge on any atom is -0.388 e. The van der Waals surface area contributed by atoms with Gasteiger partial charge in [0.25, 0.3) is 0 Å². The fraction of sp³-hybridized carbons (Fsp3) is 0.364. The third-order valence-electron chi connectivity index (χ3n) is 2.62. The minimum atomic E-state index is -4.81. The molecule has 1 unspecified atom stereocenters. The Balaban J connectivity index is 2.28. The van der Waals surface area contributed by atoms with E-state index in [2.05, 4.69) is 15.4 Å². The first-order valence-electron chi connectivity index (χ1n) is 5.55. The number of aliphatic hydroxyl groups is 1. The highest BCUT2D eigenvalue weighted by Gasteiger charge is 2.35. The molecule has 0 saturated heterocycles. The van der Waals surface area contributed by atoms with Crippen molar-refractivity contribution < 1.29 is 22.7 Å². The molecule has 2 rings (SSSR count). The Labute approximate surface area is 110 Å². The summed E-state index contributed by atoms with van der Waals surface area (Å²) in [7, 11) is 1.49. The van der Waals surface area contributed by atoms with Gasteiger partial charge in [-0.05, 0) is 11.3 Å². The molecule has 1 atom stereocenters. The van der Waals surface area contributed by atoms with Crippen molar-refractivity contribution in [2.24, 2.45) is 7.05 Å². The second-order valence-corrected chi connectivity index (χ2v) is 4.12. The smallest absolute Gasteiger partial charge is 0.388 e. The van der Waals surface area contributed by atoms with Crippen molar-refractivity contribution in [3.63, 3.8) is 0 Å². The third-order valence-corrected chi connectivity index (χ3v) is 2.62. The molecule has 0 aliphatic carbocycles. The van der Waals surface area contributed by atoms with Gasteiger partial charge in [-0.1, -0.05) is 12.1 Å². The van der Waals surface area contributed by atoms with Gasteiger partial charge in [-0.2, -0.15) is 18.0 Å². The van der Waals surface area contributed by atoms with Crippen molar-refractivity contribution in [1.82, 2.24) is 20.2 Å². The van der Waals surface area contributed by atoms with Crippen LogP contribution in [0.25, 0.3) is 0 Å². The van der Waals surface area contributed by atoms with Crippen LogP contribution in [0.3, 0.4) is 0 Å². The van der Waals surface area contributed by atoms with E-state index in [-0.39, 0.29) is 12.2 Å². The van der Waals surface area contributed by atoms with E-state index in [1.165, 1.54) is 7.05 Å². The maximum atomic E-state index is 13.8. The van der Waals surface area contributed by atoms with E-state index in [1.807, 2.05) is 0 Å². The van der Waals surface area contributed by atoms with Gasteiger partial charge in [-0.15, -0.1) is 10.2 Å². The van der Waals surface area contributed by atoms with Crippen LogP contribution < -0.4 is 0 Å². The number of hydrogen-bond acceptors (Lipinski definition) is 4. The Kier molecular flexibility index (Phi) is 3.71. The molecular weight excluding hydrogens is 280 g/mol. The Bertz CT molecular complexity index is 611. The van der Waals surface area contributed by atoms with Gasteiger partial charge < -0.3 is 5.11 Å². The molecule has 0 amide bonds. The topological polar surface area (TPSA) is 63.8 Å². The SMILES string of the molecule is Cn1nnc(CC(O)c2cccc(C(F)(F)F)c2F)n1. The van der Waals surface area contributed by atoms with Gasteiger partial charge in [0.2, 0.25) is 0 Å². The van der Waals surface area contributed by atoms with Crippen LogP contribution in [0.2, 0.25) is 0 Å². The lowest BCUT2D eigenvalue weighted by molar-refractivity contribution is -0.140. The lowest BCUT2D eigenvalue weighted by Gasteiger charge is -2.14. The average molecular weight is 290 g/mol. The van der Waals surface area contributed by atoms with Gasteiger partial charge >= 0.3 is 6.18 Å². The van der Waals surface area contributed by atoms with Crippen LogP contribution in [-0.4, -0.2) is 25.3 Å². The highest BCUT2D eigenvalue weighted by Crippen LogP contribution is 2.34. The molecule has 0 aliphatic heterocycles. The van der Waals surface area contributed by atoms with Gasteiger partial charge in [0.05, 0.1) is 18.7 Å². The van der Waals surface area contributed by atoms with Crippen molar-refractivity contribution in [2.45, 2.75) is 18.7 Å². The number of tetrazole rings is 1. The van der Waals surface area contributed by atoms with E-state index >= 15 is 0 Å². The number of rotatable bonds is 3. The summed E-state index contributed by atoms with van der Waals surface area (Å²) in [5.41, 5.74) is -1.87. The molecule has 20 heavy (non-hydrogen) atoms. The second kappa shape index (κ2) is 5.16. The second-order valence-electron chi connectivity index (χ2n) is 4.12. The van der Waals surface area contributed by atoms with Gasteiger partial charge in [0.1, 0.15) is 5.82 Å². The summed E-state index contributed by atoms with van der Waals surface area (Å²) < 4.78 is 51.5. The van der Waals surface area contributed by atoms with Gasteiger partial charge in [0, 0.05) is 12.0 Å². The summed E-state index contributed by atoms with van der Waals surface area (Å²) in [6.45, 7) is 0. The number of aromatic nitrogens is 4. The molecule has 0 saturated carbocycles. The van der Waals surface area contributed by atoms with E-state index in [0.29, 0.717) is 6.07 Å². The summed E-state index contributed by atoms with van der Waals surface area (Å²) in [6, 6.07) is 2.74. The molecule has 9 heteroatoms. The van der Waals surface area contributed by atoms with Crippen molar-refractivity contribution in [2.75, 3.05) is 0 Å². The van der Waals surface area contributed by atoms with Crippen LogP contribution in [-0.2, 0) is 19.6 Å². The van der Waals surface area contributed by atoms with Gasteiger partial charge in [-0.25, -0.2) is 4.39 Å². The molecule has 2 aromatic rings. The average Bonchev–Trinajstić information content (AvgIpc) is 2.73. The van der Waals surface area contributed by atoms with E-state index in [1.54, 1.807) is 0 Å². The normalized spacial score (nSPS) is 13.5. The van der Waals surface area contributed by atoms with Crippen LogP contribution in [0, 0.1) is 5.82 Å². The van der Waals surface area contributed by atoms with Crippen LogP contribution in [0.15, 0.2) is 18.2 Å². The zero-order valence-corrected chi connectivity index (χ0v) is 10.3. The molecule has 1 aromatic heterocycles. The van der Waals surface area contributed by atoms with E-state index in [4.69, 9.17) is 0 Å². The first-order chi connectivity index (χ1) is 9.29. The number of hydrogen-bond donors (Lipinski definition) is 1.